The number of carbonyl (C=O) groups excluding carboxylic acids is 1. The van der Waals surface area contributed by atoms with Gasteiger partial charge in [0.25, 0.3) is 5.91 Å². The summed E-state index contributed by atoms with van der Waals surface area (Å²) in [5.74, 6) is 0.875. The number of fused-ring (bicyclic) bond motifs is 5. The van der Waals surface area contributed by atoms with Crippen molar-refractivity contribution in [3.05, 3.63) is 54.4 Å². The van der Waals surface area contributed by atoms with Gasteiger partial charge in [-0.25, -0.2) is 9.97 Å². The van der Waals surface area contributed by atoms with E-state index in [0.29, 0.717) is 54.7 Å². The van der Waals surface area contributed by atoms with Crippen LogP contribution in [0.4, 0.5) is 17.2 Å². The van der Waals surface area contributed by atoms with Crippen molar-refractivity contribution in [3.8, 4) is 22.8 Å². The Labute approximate surface area is 186 Å². The van der Waals surface area contributed by atoms with Crippen molar-refractivity contribution in [2.75, 3.05) is 49.3 Å². The van der Waals surface area contributed by atoms with Crippen LogP contribution in [-0.4, -0.2) is 49.2 Å². The first-order valence-corrected chi connectivity index (χ1v) is 10.4. The number of carbonyl (C=O) groups is 1. The Morgan fingerprint density at radius 3 is 2.94 bits per heavy atom. The first kappa shape index (κ1) is 21.4. The zero-order valence-corrected chi connectivity index (χ0v) is 17.9. The molecular weight excluding hydrogens is 408 g/mol. The molecule has 0 saturated carbocycles. The summed E-state index contributed by atoms with van der Waals surface area (Å²) in [4.78, 5) is 23.7. The number of benzene rings is 2. The van der Waals surface area contributed by atoms with E-state index in [0.717, 1.165) is 12.1 Å². The fourth-order valence-corrected chi connectivity index (χ4v) is 3.40. The summed E-state index contributed by atoms with van der Waals surface area (Å²) in [5, 5.41) is 2.91. The minimum atomic E-state index is -0.429. The lowest BCUT2D eigenvalue weighted by Crippen LogP contribution is -2.25. The molecule has 1 amide bonds. The third-order valence-corrected chi connectivity index (χ3v) is 5.11. The number of anilines is 3. The van der Waals surface area contributed by atoms with Crippen molar-refractivity contribution in [3.63, 3.8) is 0 Å². The van der Waals surface area contributed by atoms with Crippen molar-refractivity contribution in [2.24, 2.45) is 5.73 Å². The topological polar surface area (TPSA) is 129 Å². The van der Waals surface area contributed by atoms with Gasteiger partial charge in [0.05, 0.1) is 36.4 Å². The number of nitrogens with zero attached hydrogens (tertiary/aromatic N) is 3. The van der Waals surface area contributed by atoms with Gasteiger partial charge < -0.3 is 31.2 Å². The average Bonchev–Trinajstić information content (AvgIpc) is 2.80. The average molecular weight is 435 g/mol. The molecule has 2 bridgehead atoms. The second kappa shape index (κ2) is 9.52. The van der Waals surface area contributed by atoms with Gasteiger partial charge in [-0.3, -0.25) is 4.79 Å². The molecule has 0 atom stereocenters. The summed E-state index contributed by atoms with van der Waals surface area (Å²) in [7, 11) is 1.94. The smallest absolute Gasteiger partial charge is 0.278 e. The summed E-state index contributed by atoms with van der Waals surface area (Å²) in [6.07, 6.45) is 2.28. The molecule has 4 rings (SSSR count). The van der Waals surface area contributed by atoms with E-state index in [-0.39, 0.29) is 11.5 Å². The molecule has 0 unspecified atom stereocenters. The lowest BCUT2D eigenvalue weighted by molar-refractivity contribution is 0.102. The monoisotopic (exact) mass is 434 g/mol. The Morgan fingerprint density at radius 2 is 2.09 bits per heavy atom. The Hall–Kier alpha value is -3.85. The van der Waals surface area contributed by atoms with E-state index >= 15 is 0 Å². The third-order valence-electron chi connectivity index (χ3n) is 5.11. The van der Waals surface area contributed by atoms with Gasteiger partial charge in [0.1, 0.15) is 18.1 Å². The second-order valence-electron chi connectivity index (χ2n) is 7.38. The Morgan fingerprint density at radius 1 is 1.25 bits per heavy atom. The van der Waals surface area contributed by atoms with E-state index in [4.69, 9.17) is 20.9 Å². The maximum atomic E-state index is 13.0. The van der Waals surface area contributed by atoms with Gasteiger partial charge in [0.2, 0.25) is 0 Å². The van der Waals surface area contributed by atoms with Gasteiger partial charge in [-0.1, -0.05) is 12.1 Å². The molecule has 1 aliphatic heterocycles. The first-order chi connectivity index (χ1) is 15.6. The number of likely N-dealkylation sites (N-methyl/N-ethyl adjacent to an activating group) is 1. The SMILES string of the molecule is CN1CCOc2cc(OCCCN)ccc2-c2cnc(N)c(n2)C(=O)Nc2ccccc21. The zero-order valence-electron chi connectivity index (χ0n) is 17.9. The van der Waals surface area contributed by atoms with Crippen LogP contribution in [0.2, 0.25) is 0 Å². The molecule has 0 spiro atoms. The first-order valence-electron chi connectivity index (χ1n) is 10.4. The number of rotatable bonds is 4. The molecule has 0 fully saturated rings. The molecule has 5 N–H and O–H groups in total. The molecule has 0 saturated heterocycles. The highest BCUT2D eigenvalue weighted by Crippen LogP contribution is 2.34. The summed E-state index contributed by atoms with van der Waals surface area (Å²) in [6.45, 7) is 2.07. The van der Waals surface area contributed by atoms with E-state index in [2.05, 4.69) is 15.3 Å². The van der Waals surface area contributed by atoms with Gasteiger partial charge in [-0.05, 0) is 37.2 Å². The number of amides is 1. The number of nitrogen functional groups attached to an aromatic ring is 1. The van der Waals surface area contributed by atoms with Crippen LogP contribution in [0, 0.1) is 0 Å². The van der Waals surface area contributed by atoms with E-state index in [1.807, 2.05) is 54.4 Å². The molecule has 166 valence electrons. The Bertz CT molecular complexity index is 1120. The van der Waals surface area contributed by atoms with Crippen LogP contribution in [-0.2, 0) is 0 Å². The molecule has 9 heteroatoms. The van der Waals surface area contributed by atoms with E-state index in [1.54, 1.807) is 0 Å². The quantitative estimate of drug-likeness (QED) is 0.535. The van der Waals surface area contributed by atoms with Crippen LogP contribution in [0.15, 0.2) is 48.7 Å². The molecule has 2 aromatic carbocycles. The van der Waals surface area contributed by atoms with Crippen LogP contribution in [0.3, 0.4) is 0 Å². The Kier molecular flexibility index (Phi) is 6.37. The highest BCUT2D eigenvalue weighted by Gasteiger charge is 2.20. The predicted molar refractivity (Wildman–Crippen MR) is 124 cm³/mol. The van der Waals surface area contributed by atoms with Crippen LogP contribution in [0.25, 0.3) is 11.3 Å². The largest absolute Gasteiger partial charge is 0.493 e. The van der Waals surface area contributed by atoms with Crippen molar-refractivity contribution in [2.45, 2.75) is 6.42 Å². The number of hydrogen-bond donors (Lipinski definition) is 3. The van der Waals surface area contributed by atoms with Crippen LogP contribution in [0.5, 0.6) is 11.5 Å². The maximum Gasteiger partial charge on any atom is 0.278 e. The fourth-order valence-electron chi connectivity index (χ4n) is 3.40. The number of aromatic nitrogens is 2. The summed E-state index contributed by atoms with van der Waals surface area (Å²) >= 11 is 0. The number of nitrogens with one attached hydrogen (secondary N) is 1. The van der Waals surface area contributed by atoms with Gasteiger partial charge in [-0.15, -0.1) is 0 Å². The number of nitrogens with two attached hydrogens (primary N) is 2. The minimum absolute atomic E-state index is 0.0495. The highest BCUT2D eigenvalue weighted by atomic mass is 16.5. The van der Waals surface area contributed by atoms with Gasteiger partial charge in [0, 0.05) is 18.7 Å². The van der Waals surface area contributed by atoms with E-state index in [1.165, 1.54) is 6.20 Å². The Balaban J connectivity index is 1.76. The molecule has 0 aliphatic carbocycles. The van der Waals surface area contributed by atoms with Crippen molar-refractivity contribution in [1.29, 1.82) is 0 Å². The van der Waals surface area contributed by atoms with E-state index < -0.39 is 5.91 Å². The highest BCUT2D eigenvalue weighted by molar-refractivity contribution is 6.07. The summed E-state index contributed by atoms with van der Waals surface area (Å²) < 4.78 is 11.9. The molecule has 9 nitrogen and oxygen atoms in total. The second-order valence-corrected chi connectivity index (χ2v) is 7.38. The minimum Gasteiger partial charge on any atom is -0.493 e. The zero-order chi connectivity index (χ0) is 22.5. The predicted octanol–water partition coefficient (Wildman–Crippen LogP) is 2.53. The van der Waals surface area contributed by atoms with Gasteiger partial charge in [0.15, 0.2) is 11.5 Å². The number of hydrogen-bond acceptors (Lipinski definition) is 8. The molecule has 32 heavy (non-hydrogen) atoms. The molecular formula is C23H26N6O3. The van der Waals surface area contributed by atoms with Crippen molar-refractivity contribution >= 4 is 23.1 Å². The number of ether oxygens (including phenoxy) is 2. The molecule has 1 aromatic heterocycles. The third kappa shape index (κ3) is 4.57. The fraction of sp³-hybridized carbons (Fsp3) is 0.261. The maximum absolute atomic E-state index is 13.0. The molecule has 2 heterocycles. The standard InChI is InChI=1S/C23H26N6O3/c1-29-10-12-32-20-13-15(31-11-4-9-24)7-8-16(20)18-14-26-22(25)21(27-18)23(30)28-17-5-2-3-6-19(17)29/h2-3,5-8,13-14H,4,9-12,24H2,1H3,(H2,25,26)(H,28,30). The van der Waals surface area contributed by atoms with Crippen LogP contribution in [0.1, 0.15) is 16.9 Å². The lowest BCUT2D eigenvalue weighted by atomic mass is 10.1. The normalized spacial score (nSPS) is 13.4. The van der Waals surface area contributed by atoms with Crippen molar-refractivity contribution in [1.82, 2.24) is 9.97 Å². The molecule has 0 radical (unpaired) electrons. The van der Waals surface area contributed by atoms with E-state index in [9.17, 15) is 4.79 Å². The molecule has 1 aliphatic rings. The number of para-hydroxylation sites is 2. The van der Waals surface area contributed by atoms with Crippen LogP contribution >= 0.6 is 0 Å². The van der Waals surface area contributed by atoms with Gasteiger partial charge in [-0.2, -0.15) is 0 Å². The van der Waals surface area contributed by atoms with Crippen molar-refractivity contribution < 1.29 is 14.3 Å². The summed E-state index contributed by atoms with van der Waals surface area (Å²) in [5.41, 5.74) is 14.3. The lowest BCUT2D eigenvalue weighted by Gasteiger charge is -2.22. The van der Waals surface area contributed by atoms with Gasteiger partial charge >= 0.3 is 0 Å². The molecule has 3 aromatic rings. The summed E-state index contributed by atoms with van der Waals surface area (Å²) in [6, 6.07) is 13.0. The van der Waals surface area contributed by atoms with Crippen LogP contribution < -0.4 is 31.2 Å².